The summed E-state index contributed by atoms with van der Waals surface area (Å²) >= 11 is 0. The topological polar surface area (TPSA) is 89.4 Å². The fourth-order valence-electron chi connectivity index (χ4n) is 2.58. The van der Waals surface area contributed by atoms with Crippen molar-refractivity contribution in [2.45, 2.75) is 32.6 Å². The maximum atomic E-state index is 13.0. The molecule has 2 aromatic carbocycles. The van der Waals surface area contributed by atoms with Crippen molar-refractivity contribution in [2.75, 3.05) is 21.5 Å². The number of rotatable bonds is 8. The quantitative estimate of drug-likeness (QED) is 0.560. The van der Waals surface area contributed by atoms with Gasteiger partial charge in [-0.3, -0.25) is 0 Å². The highest BCUT2D eigenvalue weighted by atomic mass is 32.2. The minimum atomic E-state index is -3.52. The van der Waals surface area contributed by atoms with Crippen molar-refractivity contribution < 1.29 is 8.42 Å². The third kappa shape index (κ3) is 4.64. The van der Waals surface area contributed by atoms with Gasteiger partial charge in [-0.05, 0) is 42.8 Å². The molecule has 0 unspecified atom stereocenters. The Morgan fingerprint density at radius 2 is 1.42 bits per heavy atom. The number of nitrogens with zero attached hydrogens (tertiary/aromatic N) is 1. The standard InChI is InChI=1S/C18H25N3O2S/c1-2-3-4-5-12-24(22,23)21(17-10-6-8-15(19)13-17)18-11-7-9-16(20)14-18/h6-11,13-14H,2-5,12,19-20H2,1H3. The van der Waals surface area contributed by atoms with Crippen LogP contribution < -0.4 is 15.8 Å². The Hall–Kier alpha value is -2.21. The molecule has 2 rings (SSSR count). The lowest BCUT2D eigenvalue weighted by Gasteiger charge is -2.25. The van der Waals surface area contributed by atoms with E-state index in [9.17, 15) is 8.42 Å². The van der Waals surface area contributed by atoms with Crippen LogP contribution >= 0.6 is 0 Å². The van der Waals surface area contributed by atoms with Crippen LogP contribution in [-0.2, 0) is 10.0 Å². The summed E-state index contributed by atoms with van der Waals surface area (Å²) in [5, 5.41) is 0. The van der Waals surface area contributed by atoms with E-state index in [1.165, 1.54) is 4.31 Å². The molecular weight excluding hydrogens is 322 g/mol. The summed E-state index contributed by atoms with van der Waals surface area (Å²) in [6.45, 7) is 2.10. The van der Waals surface area contributed by atoms with Crippen LogP contribution in [0.25, 0.3) is 0 Å². The fraction of sp³-hybridized carbons (Fsp3) is 0.333. The van der Waals surface area contributed by atoms with Crippen molar-refractivity contribution in [2.24, 2.45) is 0 Å². The van der Waals surface area contributed by atoms with Crippen LogP contribution in [0.15, 0.2) is 48.5 Å². The van der Waals surface area contributed by atoms with Gasteiger partial charge in [-0.25, -0.2) is 12.7 Å². The molecule has 0 fully saturated rings. The fourth-order valence-corrected chi connectivity index (χ4v) is 4.20. The van der Waals surface area contributed by atoms with Gasteiger partial charge >= 0.3 is 0 Å². The highest BCUT2D eigenvalue weighted by Crippen LogP contribution is 2.31. The monoisotopic (exact) mass is 347 g/mol. The van der Waals surface area contributed by atoms with Crippen molar-refractivity contribution in [3.05, 3.63) is 48.5 Å². The SMILES string of the molecule is CCCCCCS(=O)(=O)N(c1cccc(N)c1)c1cccc(N)c1. The van der Waals surface area contributed by atoms with Gasteiger partial charge in [-0.15, -0.1) is 0 Å². The van der Waals surface area contributed by atoms with Gasteiger partial charge < -0.3 is 11.5 Å². The van der Waals surface area contributed by atoms with E-state index in [0.717, 1.165) is 19.3 Å². The lowest BCUT2D eigenvalue weighted by atomic mass is 10.2. The molecule has 130 valence electrons. The van der Waals surface area contributed by atoms with Crippen molar-refractivity contribution >= 4 is 32.8 Å². The Labute approximate surface area is 144 Å². The van der Waals surface area contributed by atoms with Gasteiger partial charge in [-0.1, -0.05) is 38.3 Å². The van der Waals surface area contributed by atoms with E-state index in [1.807, 2.05) is 0 Å². The number of nitrogens with two attached hydrogens (primary N) is 2. The molecule has 24 heavy (non-hydrogen) atoms. The number of anilines is 4. The second-order valence-corrected chi connectivity index (χ2v) is 7.77. The van der Waals surface area contributed by atoms with Crippen LogP contribution in [0, 0.1) is 0 Å². The van der Waals surface area contributed by atoms with Gasteiger partial charge in [0.2, 0.25) is 10.0 Å². The molecule has 0 aromatic heterocycles. The lowest BCUT2D eigenvalue weighted by molar-refractivity contribution is 0.589. The zero-order valence-corrected chi connectivity index (χ0v) is 14.8. The molecule has 0 spiro atoms. The summed E-state index contributed by atoms with van der Waals surface area (Å²) in [4.78, 5) is 0. The Kier molecular flexibility index (Phi) is 6.09. The van der Waals surface area contributed by atoms with Gasteiger partial charge in [-0.2, -0.15) is 0 Å². The summed E-state index contributed by atoms with van der Waals surface area (Å²) in [6.07, 6.45) is 3.63. The first kappa shape index (κ1) is 18.1. The van der Waals surface area contributed by atoms with Crippen LogP contribution in [0.3, 0.4) is 0 Å². The molecule has 2 aromatic rings. The molecule has 5 nitrogen and oxygen atoms in total. The maximum Gasteiger partial charge on any atom is 0.239 e. The predicted molar refractivity (Wildman–Crippen MR) is 102 cm³/mol. The summed E-state index contributed by atoms with van der Waals surface area (Å²) in [6, 6.07) is 13.8. The Morgan fingerprint density at radius 3 is 1.88 bits per heavy atom. The first-order valence-corrected chi connectivity index (χ1v) is 9.79. The van der Waals surface area contributed by atoms with Crippen molar-refractivity contribution in [3.8, 4) is 0 Å². The number of nitrogen functional groups attached to an aromatic ring is 2. The zero-order chi connectivity index (χ0) is 17.6. The highest BCUT2D eigenvalue weighted by molar-refractivity contribution is 7.93. The number of unbranched alkanes of at least 4 members (excludes halogenated alkanes) is 3. The van der Waals surface area contributed by atoms with Crippen LogP contribution in [0.4, 0.5) is 22.7 Å². The molecule has 0 amide bonds. The third-order valence-electron chi connectivity index (χ3n) is 3.74. The molecule has 0 aliphatic carbocycles. The summed E-state index contributed by atoms with van der Waals surface area (Å²) in [5.41, 5.74) is 13.8. The first-order chi connectivity index (χ1) is 11.4. The number of hydrogen-bond acceptors (Lipinski definition) is 4. The lowest BCUT2D eigenvalue weighted by Crippen LogP contribution is -2.28. The molecule has 0 heterocycles. The molecule has 0 aliphatic heterocycles. The third-order valence-corrected chi connectivity index (χ3v) is 5.53. The number of sulfonamides is 1. The second kappa shape index (κ2) is 8.06. The Bertz CT molecular complexity index is 730. The van der Waals surface area contributed by atoms with Crippen molar-refractivity contribution in [1.82, 2.24) is 0 Å². The highest BCUT2D eigenvalue weighted by Gasteiger charge is 2.24. The summed E-state index contributed by atoms with van der Waals surface area (Å²) < 4.78 is 27.3. The molecule has 0 saturated carbocycles. The number of hydrogen-bond donors (Lipinski definition) is 2. The van der Waals surface area contributed by atoms with Gasteiger partial charge in [0, 0.05) is 11.4 Å². The molecular formula is C18H25N3O2S. The van der Waals surface area contributed by atoms with Gasteiger partial charge in [0.05, 0.1) is 17.1 Å². The molecule has 4 N–H and O–H groups in total. The van der Waals surface area contributed by atoms with E-state index >= 15 is 0 Å². The molecule has 0 radical (unpaired) electrons. The minimum Gasteiger partial charge on any atom is -0.399 e. The largest absolute Gasteiger partial charge is 0.399 e. The van der Waals surface area contributed by atoms with Gasteiger partial charge in [0.25, 0.3) is 0 Å². The van der Waals surface area contributed by atoms with Crippen LogP contribution in [-0.4, -0.2) is 14.2 Å². The van der Waals surface area contributed by atoms with Gasteiger partial charge in [0.15, 0.2) is 0 Å². The number of benzene rings is 2. The van der Waals surface area contributed by atoms with Crippen LogP contribution in [0.2, 0.25) is 0 Å². The van der Waals surface area contributed by atoms with E-state index in [1.54, 1.807) is 48.5 Å². The maximum absolute atomic E-state index is 13.0. The van der Waals surface area contributed by atoms with E-state index in [4.69, 9.17) is 11.5 Å². The average Bonchev–Trinajstić information content (AvgIpc) is 2.52. The first-order valence-electron chi connectivity index (χ1n) is 8.18. The summed E-state index contributed by atoms with van der Waals surface area (Å²) in [7, 11) is -3.52. The van der Waals surface area contributed by atoms with E-state index in [0.29, 0.717) is 29.2 Å². The van der Waals surface area contributed by atoms with Crippen molar-refractivity contribution in [1.29, 1.82) is 0 Å². The van der Waals surface area contributed by atoms with Crippen molar-refractivity contribution in [3.63, 3.8) is 0 Å². The molecule has 0 saturated heterocycles. The van der Waals surface area contributed by atoms with E-state index < -0.39 is 10.0 Å². The molecule has 0 bridgehead atoms. The normalized spacial score (nSPS) is 11.4. The Balaban J connectivity index is 2.39. The van der Waals surface area contributed by atoms with Crippen LogP contribution in [0.5, 0.6) is 0 Å². The minimum absolute atomic E-state index is 0.0938. The van der Waals surface area contributed by atoms with Gasteiger partial charge in [0.1, 0.15) is 0 Å². The van der Waals surface area contributed by atoms with E-state index in [-0.39, 0.29) is 5.75 Å². The van der Waals surface area contributed by atoms with E-state index in [2.05, 4.69) is 6.92 Å². The predicted octanol–water partition coefficient (Wildman–Crippen LogP) is 3.90. The Morgan fingerprint density at radius 1 is 0.875 bits per heavy atom. The average molecular weight is 347 g/mol. The smallest absolute Gasteiger partial charge is 0.239 e. The molecule has 6 heteroatoms. The molecule has 0 aliphatic rings. The second-order valence-electron chi connectivity index (χ2n) is 5.83. The van der Waals surface area contributed by atoms with Crippen LogP contribution in [0.1, 0.15) is 32.6 Å². The summed E-state index contributed by atoms with van der Waals surface area (Å²) in [5.74, 6) is 0.0938. The molecule has 0 atom stereocenters. The zero-order valence-electron chi connectivity index (χ0n) is 14.0.